The van der Waals surface area contributed by atoms with Gasteiger partial charge in [-0.2, -0.15) is 0 Å². The van der Waals surface area contributed by atoms with Crippen LogP contribution in [0.4, 0.5) is 0 Å². The number of rotatable bonds is 7. The van der Waals surface area contributed by atoms with Gasteiger partial charge in [0.2, 0.25) is 0 Å². The van der Waals surface area contributed by atoms with Gasteiger partial charge >= 0.3 is 0 Å². The van der Waals surface area contributed by atoms with E-state index in [1.807, 2.05) is 18.2 Å². The van der Waals surface area contributed by atoms with Crippen LogP contribution in [0.3, 0.4) is 0 Å². The maximum absolute atomic E-state index is 9.72. The largest absolute Gasteiger partial charge is 0.493 e. The summed E-state index contributed by atoms with van der Waals surface area (Å²) in [6.45, 7) is 4.52. The molecule has 0 heterocycles. The Balaban J connectivity index is 2.01. The van der Waals surface area contributed by atoms with E-state index >= 15 is 0 Å². The number of benzene rings is 1. The summed E-state index contributed by atoms with van der Waals surface area (Å²) in [4.78, 5) is 0. The van der Waals surface area contributed by atoms with Gasteiger partial charge < -0.3 is 19.9 Å². The molecule has 0 unspecified atom stereocenters. The van der Waals surface area contributed by atoms with E-state index in [0.29, 0.717) is 17.5 Å². The fraction of sp³-hybridized carbons (Fsp3) is 0.600. The quantitative estimate of drug-likeness (QED) is 0.792. The summed E-state index contributed by atoms with van der Waals surface area (Å²) in [7, 11) is 1.62. The second-order valence-corrected chi connectivity index (χ2v) is 5.74. The van der Waals surface area contributed by atoms with Crippen molar-refractivity contribution in [3.05, 3.63) is 23.8 Å². The van der Waals surface area contributed by atoms with E-state index in [0.717, 1.165) is 6.54 Å². The van der Waals surface area contributed by atoms with Crippen molar-refractivity contribution in [1.82, 2.24) is 5.32 Å². The highest BCUT2D eigenvalue weighted by Gasteiger charge is 2.20. The fourth-order valence-electron chi connectivity index (χ4n) is 1.75. The molecule has 0 atom stereocenters. The van der Waals surface area contributed by atoms with Crippen molar-refractivity contribution in [2.24, 2.45) is 0 Å². The van der Waals surface area contributed by atoms with Gasteiger partial charge in [0.25, 0.3) is 0 Å². The molecule has 1 saturated carbocycles. The normalized spacial score (nSPS) is 15.4. The van der Waals surface area contributed by atoms with Gasteiger partial charge in [-0.05, 0) is 44.4 Å². The Morgan fingerprint density at radius 3 is 2.63 bits per heavy atom. The van der Waals surface area contributed by atoms with Crippen molar-refractivity contribution in [1.29, 1.82) is 0 Å². The molecule has 0 bridgehead atoms. The van der Waals surface area contributed by atoms with Gasteiger partial charge in [0.1, 0.15) is 6.61 Å². The number of aliphatic hydroxyl groups is 1. The first-order valence-corrected chi connectivity index (χ1v) is 6.73. The van der Waals surface area contributed by atoms with Crippen LogP contribution < -0.4 is 14.8 Å². The summed E-state index contributed by atoms with van der Waals surface area (Å²) in [6, 6.07) is 6.59. The van der Waals surface area contributed by atoms with Crippen LogP contribution in [-0.4, -0.2) is 30.5 Å². The zero-order chi connectivity index (χ0) is 13.9. The molecule has 1 aromatic rings. The Morgan fingerprint density at radius 1 is 1.32 bits per heavy atom. The number of ether oxygens (including phenoxy) is 2. The summed E-state index contributed by atoms with van der Waals surface area (Å²) >= 11 is 0. The van der Waals surface area contributed by atoms with Crippen LogP contribution in [0.1, 0.15) is 32.3 Å². The summed E-state index contributed by atoms with van der Waals surface area (Å²) < 4.78 is 10.9. The predicted octanol–water partition coefficient (Wildman–Crippen LogP) is 2.10. The first kappa shape index (κ1) is 14.2. The first-order chi connectivity index (χ1) is 8.98. The zero-order valence-electron chi connectivity index (χ0n) is 11.9. The van der Waals surface area contributed by atoms with E-state index < -0.39 is 5.60 Å². The maximum atomic E-state index is 9.72. The van der Waals surface area contributed by atoms with Gasteiger partial charge in [-0.1, -0.05) is 6.07 Å². The lowest BCUT2D eigenvalue weighted by Crippen LogP contribution is -2.28. The number of hydrogen-bond acceptors (Lipinski definition) is 4. The molecule has 1 fully saturated rings. The monoisotopic (exact) mass is 265 g/mol. The van der Waals surface area contributed by atoms with Gasteiger partial charge in [-0.3, -0.25) is 0 Å². The summed E-state index contributed by atoms with van der Waals surface area (Å²) in [5.74, 6) is 1.37. The highest BCUT2D eigenvalue weighted by molar-refractivity contribution is 5.43. The van der Waals surface area contributed by atoms with Crippen LogP contribution in [0.15, 0.2) is 18.2 Å². The van der Waals surface area contributed by atoms with Crippen molar-refractivity contribution in [2.45, 2.75) is 44.9 Å². The molecule has 0 saturated heterocycles. The van der Waals surface area contributed by atoms with Crippen LogP contribution >= 0.6 is 0 Å². The van der Waals surface area contributed by atoms with Crippen molar-refractivity contribution < 1.29 is 14.6 Å². The Bertz CT molecular complexity index is 422. The third kappa shape index (κ3) is 4.73. The Hall–Kier alpha value is -1.26. The molecule has 2 N–H and O–H groups in total. The summed E-state index contributed by atoms with van der Waals surface area (Å²) in [5.41, 5.74) is 0.311. The first-order valence-electron chi connectivity index (χ1n) is 6.73. The molecule has 2 rings (SSSR count). The van der Waals surface area contributed by atoms with Crippen LogP contribution in [0.5, 0.6) is 11.5 Å². The Labute approximate surface area is 114 Å². The van der Waals surface area contributed by atoms with Gasteiger partial charge in [0.15, 0.2) is 11.5 Å². The van der Waals surface area contributed by atoms with E-state index in [9.17, 15) is 5.11 Å². The SMILES string of the molecule is COc1ccc(CNC2CC2)cc1OCC(C)(C)O. The summed E-state index contributed by atoms with van der Waals surface area (Å²) in [5, 5.41) is 13.2. The number of nitrogens with one attached hydrogen (secondary N) is 1. The third-order valence-electron chi connectivity index (χ3n) is 2.98. The minimum atomic E-state index is -0.854. The molecular weight excluding hydrogens is 242 g/mol. The highest BCUT2D eigenvalue weighted by atomic mass is 16.5. The van der Waals surface area contributed by atoms with Gasteiger partial charge in [-0.15, -0.1) is 0 Å². The molecule has 1 aliphatic rings. The molecule has 0 aromatic heterocycles. The standard InChI is InChI=1S/C15H23NO3/c1-15(2,17)10-19-14-8-11(4-7-13(14)18-3)9-16-12-5-6-12/h4,7-8,12,16-17H,5-6,9-10H2,1-3H3. The van der Waals surface area contributed by atoms with E-state index in [1.54, 1.807) is 21.0 Å². The average molecular weight is 265 g/mol. The van der Waals surface area contributed by atoms with Crippen LogP contribution in [0, 0.1) is 0 Å². The summed E-state index contributed by atoms with van der Waals surface area (Å²) in [6.07, 6.45) is 2.55. The number of methoxy groups -OCH3 is 1. The van der Waals surface area contributed by atoms with Crippen LogP contribution in [0.2, 0.25) is 0 Å². The van der Waals surface area contributed by atoms with Gasteiger partial charge in [0, 0.05) is 12.6 Å². The van der Waals surface area contributed by atoms with Crippen molar-refractivity contribution >= 4 is 0 Å². The molecule has 1 aliphatic carbocycles. The van der Waals surface area contributed by atoms with E-state index in [-0.39, 0.29) is 6.61 Å². The van der Waals surface area contributed by atoms with E-state index in [1.165, 1.54) is 18.4 Å². The average Bonchev–Trinajstić information content (AvgIpc) is 3.17. The molecule has 0 spiro atoms. The molecule has 0 radical (unpaired) electrons. The Kier molecular flexibility index (Phi) is 4.32. The topological polar surface area (TPSA) is 50.7 Å². The fourth-order valence-corrected chi connectivity index (χ4v) is 1.75. The lowest BCUT2D eigenvalue weighted by molar-refractivity contribution is 0.0276. The smallest absolute Gasteiger partial charge is 0.161 e. The third-order valence-corrected chi connectivity index (χ3v) is 2.98. The van der Waals surface area contributed by atoms with E-state index in [2.05, 4.69) is 5.32 Å². The molecule has 4 nitrogen and oxygen atoms in total. The van der Waals surface area contributed by atoms with Crippen LogP contribution in [-0.2, 0) is 6.54 Å². The zero-order valence-corrected chi connectivity index (χ0v) is 11.9. The molecule has 106 valence electrons. The molecule has 1 aromatic carbocycles. The second kappa shape index (κ2) is 5.80. The minimum Gasteiger partial charge on any atom is -0.493 e. The van der Waals surface area contributed by atoms with Crippen molar-refractivity contribution in [3.63, 3.8) is 0 Å². The van der Waals surface area contributed by atoms with Crippen LogP contribution in [0.25, 0.3) is 0 Å². The molecular formula is C15H23NO3. The van der Waals surface area contributed by atoms with E-state index in [4.69, 9.17) is 9.47 Å². The molecule has 0 aliphatic heterocycles. The van der Waals surface area contributed by atoms with Crippen molar-refractivity contribution in [2.75, 3.05) is 13.7 Å². The molecule has 19 heavy (non-hydrogen) atoms. The lowest BCUT2D eigenvalue weighted by Gasteiger charge is -2.19. The maximum Gasteiger partial charge on any atom is 0.161 e. The molecule has 0 amide bonds. The van der Waals surface area contributed by atoms with Gasteiger partial charge in [0.05, 0.1) is 12.7 Å². The molecule has 4 heteroatoms. The second-order valence-electron chi connectivity index (χ2n) is 5.74. The predicted molar refractivity (Wildman–Crippen MR) is 74.6 cm³/mol. The Morgan fingerprint density at radius 2 is 2.05 bits per heavy atom. The van der Waals surface area contributed by atoms with Crippen molar-refractivity contribution in [3.8, 4) is 11.5 Å². The minimum absolute atomic E-state index is 0.239. The lowest BCUT2D eigenvalue weighted by atomic mass is 10.1. The number of hydrogen-bond donors (Lipinski definition) is 2. The highest BCUT2D eigenvalue weighted by Crippen LogP contribution is 2.29. The van der Waals surface area contributed by atoms with Gasteiger partial charge in [-0.25, -0.2) is 0 Å².